The molecule has 2 unspecified atom stereocenters. The summed E-state index contributed by atoms with van der Waals surface area (Å²) in [6.07, 6.45) is 1.47. The standard InChI is InChI=1S/C25H25ClN4O7/c1-14-5-6-16(11-19(14)26)27-22(32)25-8-7-24(4,23(25,2)3)20(13-25)28-37-21(31)15-9-17(29(33)34)12-18(10-15)30(35)36/h5-6,9-12H,7-8,13H2,1-4H3,(H,27,32)/b28-20-. The summed E-state index contributed by atoms with van der Waals surface area (Å²) in [7, 11) is 0. The van der Waals surface area contributed by atoms with Gasteiger partial charge in [-0.25, -0.2) is 4.79 Å². The van der Waals surface area contributed by atoms with Crippen LogP contribution in [-0.2, 0) is 9.63 Å². The molecule has 12 heteroatoms. The van der Waals surface area contributed by atoms with Crippen molar-refractivity contribution in [3.8, 4) is 0 Å². The molecule has 194 valence electrons. The highest BCUT2D eigenvalue weighted by molar-refractivity contribution is 6.31. The predicted molar refractivity (Wildman–Crippen MR) is 136 cm³/mol. The Morgan fingerprint density at radius 2 is 1.65 bits per heavy atom. The van der Waals surface area contributed by atoms with Gasteiger partial charge in [-0.05, 0) is 42.9 Å². The highest BCUT2D eigenvalue weighted by Gasteiger charge is 2.71. The molecule has 4 rings (SSSR count). The fourth-order valence-corrected chi connectivity index (χ4v) is 5.70. The van der Waals surface area contributed by atoms with E-state index in [1.54, 1.807) is 12.1 Å². The third kappa shape index (κ3) is 4.12. The van der Waals surface area contributed by atoms with Crippen LogP contribution in [-0.4, -0.2) is 27.4 Å². The molecule has 1 amide bonds. The molecule has 37 heavy (non-hydrogen) atoms. The molecular weight excluding hydrogens is 504 g/mol. The first-order chi connectivity index (χ1) is 17.2. The molecule has 0 aromatic heterocycles. The molecule has 2 saturated carbocycles. The number of nitro groups is 2. The van der Waals surface area contributed by atoms with Crippen LogP contribution in [0.1, 0.15) is 56.0 Å². The maximum atomic E-state index is 13.6. The van der Waals surface area contributed by atoms with Crippen molar-refractivity contribution in [2.45, 2.75) is 47.0 Å². The summed E-state index contributed by atoms with van der Waals surface area (Å²) in [6.45, 7) is 7.79. The summed E-state index contributed by atoms with van der Waals surface area (Å²) in [4.78, 5) is 52.0. The number of non-ortho nitro benzene ring substituents is 2. The number of benzene rings is 2. The van der Waals surface area contributed by atoms with Crippen molar-refractivity contribution < 1.29 is 24.3 Å². The van der Waals surface area contributed by atoms with Gasteiger partial charge in [0.1, 0.15) is 0 Å². The van der Waals surface area contributed by atoms with E-state index in [4.69, 9.17) is 16.4 Å². The van der Waals surface area contributed by atoms with Gasteiger partial charge in [-0.2, -0.15) is 0 Å². The molecule has 2 aromatic rings. The molecular formula is C25H25ClN4O7. The lowest BCUT2D eigenvalue weighted by Gasteiger charge is -2.39. The smallest absolute Gasteiger partial charge is 0.326 e. The minimum atomic E-state index is -1.07. The lowest BCUT2D eigenvalue weighted by atomic mass is 9.64. The van der Waals surface area contributed by atoms with Crippen molar-refractivity contribution in [2.75, 3.05) is 5.32 Å². The number of halogens is 1. The highest BCUT2D eigenvalue weighted by Crippen LogP contribution is 2.71. The summed E-state index contributed by atoms with van der Waals surface area (Å²) < 4.78 is 0. The average Bonchev–Trinajstić information content (AvgIpc) is 3.15. The second-order valence-corrected chi connectivity index (χ2v) is 10.7. The third-order valence-electron chi connectivity index (χ3n) is 8.40. The van der Waals surface area contributed by atoms with Crippen LogP contribution < -0.4 is 5.32 Å². The predicted octanol–water partition coefficient (Wildman–Crippen LogP) is 5.83. The first-order valence-electron chi connectivity index (χ1n) is 11.5. The van der Waals surface area contributed by atoms with Crippen molar-refractivity contribution in [3.63, 3.8) is 0 Å². The van der Waals surface area contributed by atoms with E-state index in [0.717, 1.165) is 23.8 Å². The molecule has 0 heterocycles. The Morgan fingerprint density at radius 3 is 2.22 bits per heavy atom. The topological polar surface area (TPSA) is 154 Å². The van der Waals surface area contributed by atoms with Gasteiger partial charge < -0.3 is 10.2 Å². The largest absolute Gasteiger partial charge is 0.366 e. The molecule has 2 aromatic carbocycles. The third-order valence-corrected chi connectivity index (χ3v) is 8.80. The number of anilines is 1. The van der Waals surface area contributed by atoms with Crippen LogP contribution in [0.15, 0.2) is 41.6 Å². The summed E-state index contributed by atoms with van der Waals surface area (Å²) in [6, 6.07) is 7.83. The Morgan fingerprint density at radius 1 is 1.03 bits per heavy atom. The maximum Gasteiger partial charge on any atom is 0.366 e. The van der Waals surface area contributed by atoms with Gasteiger partial charge in [-0.1, -0.05) is 43.6 Å². The van der Waals surface area contributed by atoms with Crippen molar-refractivity contribution in [1.82, 2.24) is 0 Å². The Labute approximate surface area is 217 Å². The number of hydrogen-bond acceptors (Lipinski definition) is 8. The fraction of sp³-hybridized carbons (Fsp3) is 0.400. The lowest BCUT2D eigenvalue weighted by molar-refractivity contribution is -0.394. The van der Waals surface area contributed by atoms with Gasteiger partial charge >= 0.3 is 5.97 Å². The zero-order valence-corrected chi connectivity index (χ0v) is 21.4. The van der Waals surface area contributed by atoms with Crippen molar-refractivity contribution in [2.24, 2.45) is 21.4 Å². The van der Waals surface area contributed by atoms with E-state index in [-0.39, 0.29) is 17.9 Å². The van der Waals surface area contributed by atoms with E-state index in [2.05, 4.69) is 10.5 Å². The molecule has 2 fully saturated rings. The number of hydrogen-bond donors (Lipinski definition) is 1. The molecule has 2 bridgehead atoms. The molecule has 2 atom stereocenters. The number of nitro benzene ring substituents is 2. The zero-order chi connectivity index (χ0) is 27.3. The Bertz CT molecular complexity index is 1360. The summed E-state index contributed by atoms with van der Waals surface area (Å²) in [5.41, 5.74) is -1.58. The number of amides is 1. The van der Waals surface area contributed by atoms with Crippen molar-refractivity contribution >= 4 is 46.3 Å². The van der Waals surface area contributed by atoms with Crippen LogP contribution in [0.25, 0.3) is 0 Å². The normalized spacial score (nSPS) is 24.6. The first-order valence-corrected chi connectivity index (χ1v) is 11.9. The average molecular weight is 529 g/mol. The molecule has 11 nitrogen and oxygen atoms in total. The van der Waals surface area contributed by atoms with E-state index in [1.807, 2.05) is 33.8 Å². The number of carbonyl (C=O) groups excluding carboxylic acids is 2. The molecule has 1 N–H and O–H groups in total. The number of aryl methyl sites for hydroxylation is 1. The number of nitrogens with zero attached hydrogens (tertiary/aromatic N) is 3. The molecule has 0 saturated heterocycles. The van der Waals surface area contributed by atoms with Crippen LogP contribution in [0, 0.1) is 43.4 Å². The van der Waals surface area contributed by atoms with Gasteiger partial charge in [-0.15, -0.1) is 0 Å². The summed E-state index contributed by atoms with van der Waals surface area (Å²) in [5, 5.41) is 29.9. The molecule has 2 aliphatic rings. The second kappa shape index (κ2) is 8.91. The van der Waals surface area contributed by atoms with E-state index in [0.29, 0.717) is 29.3 Å². The second-order valence-electron chi connectivity index (χ2n) is 10.3. The van der Waals surface area contributed by atoms with Gasteiger partial charge in [0.25, 0.3) is 11.4 Å². The van der Waals surface area contributed by atoms with Gasteiger partial charge in [0.2, 0.25) is 5.91 Å². The summed E-state index contributed by atoms with van der Waals surface area (Å²) >= 11 is 6.22. The highest BCUT2D eigenvalue weighted by atomic mass is 35.5. The Hall–Kier alpha value is -3.86. The number of nitrogens with one attached hydrogen (secondary N) is 1. The quantitative estimate of drug-likeness (QED) is 0.281. The van der Waals surface area contributed by atoms with E-state index < -0.39 is 43.4 Å². The first kappa shape index (κ1) is 26.2. The lowest BCUT2D eigenvalue weighted by Crippen LogP contribution is -2.43. The van der Waals surface area contributed by atoms with Crippen LogP contribution in [0.2, 0.25) is 5.02 Å². The zero-order valence-electron chi connectivity index (χ0n) is 20.7. The number of fused-ring (bicyclic) bond motifs is 2. The minimum Gasteiger partial charge on any atom is -0.326 e. The van der Waals surface area contributed by atoms with E-state index >= 15 is 0 Å². The Kier molecular flexibility index (Phi) is 6.31. The number of carbonyl (C=O) groups is 2. The summed E-state index contributed by atoms with van der Waals surface area (Å²) in [5.74, 6) is -1.26. The van der Waals surface area contributed by atoms with Crippen molar-refractivity contribution in [3.05, 3.63) is 72.8 Å². The van der Waals surface area contributed by atoms with E-state index in [9.17, 15) is 29.8 Å². The van der Waals surface area contributed by atoms with Gasteiger partial charge in [0.15, 0.2) is 0 Å². The van der Waals surface area contributed by atoms with Gasteiger partial charge in [0, 0.05) is 34.7 Å². The number of oxime groups is 1. The van der Waals surface area contributed by atoms with Gasteiger partial charge in [-0.3, -0.25) is 25.0 Å². The van der Waals surface area contributed by atoms with Crippen LogP contribution in [0.5, 0.6) is 0 Å². The van der Waals surface area contributed by atoms with Crippen LogP contribution in [0.4, 0.5) is 17.1 Å². The van der Waals surface area contributed by atoms with Crippen LogP contribution in [0.3, 0.4) is 0 Å². The maximum absolute atomic E-state index is 13.6. The molecule has 0 spiro atoms. The van der Waals surface area contributed by atoms with Crippen molar-refractivity contribution in [1.29, 1.82) is 0 Å². The molecule has 0 aliphatic heterocycles. The SMILES string of the molecule is Cc1ccc(NC(=O)C23CCC(C)(/C(=N\OC(=O)c4cc([N+](=O)[O-])cc([N+](=O)[O-])c4)C2)C3(C)C)cc1Cl. The molecule has 2 aliphatic carbocycles. The van der Waals surface area contributed by atoms with Crippen LogP contribution >= 0.6 is 11.6 Å². The number of rotatable bonds is 6. The fourth-order valence-electron chi connectivity index (χ4n) is 5.52. The molecule has 0 radical (unpaired) electrons. The minimum absolute atomic E-state index is 0.188. The monoisotopic (exact) mass is 528 g/mol. The van der Waals surface area contributed by atoms with Gasteiger partial charge in [0.05, 0.1) is 32.6 Å². The Balaban J connectivity index is 1.61. The van der Waals surface area contributed by atoms with E-state index in [1.165, 1.54) is 0 Å².